The number of aliphatic hydroxyl groups excluding tert-OH is 1. The summed E-state index contributed by atoms with van der Waals surface area (Å²) in [5.74, 6) is -1.09. The van der Waals surface area contributed by atoms with E-state index >= 15 is 0 Å². The van der Waals surface area contributed by atoms with Crippen LogP contribution in [-0.4, -0.2) is 51.7 Å². The SMILES string of the molecule is C[C@@H](O)[C@@H](COCCC(=O)O)Nc1cn[nH]c(=O)c1C(F)(F)F. The summed E-state index contributed by atoms with van der Waals surface area (Å²) in [6, 6.07) is -0.992. The number of carbonyl (C=O) groups is 1. The number of nitrogens with zero attached hydrogens (tertiary/aromatic N) is 1. The number of aliphatic hydroxyl groups is 1. The van der Waals surface area contributed by atoms with Gasteiger partial charge in [0.05, 0.1) is 43.7 Å². The summed E-state index contributed by atoms with van der Waals surface area (Å²) in [7, 11) is 0. The Morgan fingerprint density at radius 3 is 2.70 bits per heavy atom. The van der Waals surface area contributed by atoms with Crippen molar-refractivity contribution >= 4 is 11.7 Å². The summed E-state index contributed by atoms with van der Waals surface area (Å²) in [5, 5.41) is 25.4. The zero-order valence-corrected chi connectivity index (χ0v) is 12.1. The maximum atomic E-state index is 12.9. The summed E-state index contributed by atoms with van der Waals surface area (Å²) in [6.07, 6.45) is -5.55. The molecule has 0 radical (unpaired) electrons. The number of hydrogen-bond acceptors (Lipinski definition) is 6. The number of hydrogen-bond donors (Lipinski definition) is 4. The highest BCUT2D eigenvalue weighted by Gasteiger charge is 2.38. The molecule has 0 aliphatic rings. The fourth-order valence-electron chi connectivity index (χ4n) is 1.66. The third-order valence-electron chi connectivity index (χ3n) is 2.82. The van der Waals surface area contributed by atoms with E-state index in [2.05, 4.69) is 10.4 Å². The Morgan fingerprint density at radius 2 is 2.17 bits per heavy atom. The van der Waals surface area contributed by atoms with E-state index in [4.69, 9.17) is 9.84 Å². The lowest BCUT2D eigenvalue weighted by Crippen LogP contribution is -2.38. The van der Waals surface area contributed by atoms with Gasteiger partial charge in [0, 0.05) is 0 Å². The maximum Gasteiger partial charge on any atom is 0.423 e. The first-order valence-electron chi connectivity index (χ1n) is 6.52. The summed E-state index contributed by atoms with van der Waals surface area (Å²) in [4.78, 5) is 21.7. The van der Waals surface area contributed by atoms with E-state index in [9.17, 15) is 27.9 Å². The van der Waals surface area contributed by atoms with E-state index in [1.807, 2.05) is 0 Å². The second kappa shape index (κ2) is 7.92. The van der Waals surface area contributed by atoms with E-state index in [0.717, 1.165) is 6.20 Å². The van der Waals surface area contributed by atoms with Crippen LogP contribution in [0, 0.1) is 0 Å². The molecule has 130 valence electrons. The quantitative estimate of drug-likeness (QED) is 0.507. The van der Waals surface area contributed by atoms with Crippen molar-refractivity contribution < 1.29 is 32.9 Å². The molecule has 0 spiro atoms. The summed E-state index contributed by atoms with van der Waals surface area (Å²) < 4.78 is 43.7. The van der Waals surface area contributed by atoms with Gasteiger partial charge in [-0.05, 0) is 6.92 Å². The number of nitrogens with one attached hydrogen (secondary N) is 2. The topological polar surface area (TPSA) is 125 Å². The van der Waals surface area contributed by atoms with Gasteiger partial charge >= 0.3 is 12.1 Å². The second-order valence-corrected chi connectivity index (χ2v) is 4.70. The number of anilines is 1. The van der Waals surface area contributed by atoms with Crippen LogP contribution in [0.15, 0.2) is 11.0 Å². The Morgan fingerprint density at radius 1 is 1.52 bits per heavy atom. The van der Waals surface area contributed by atoms with Crippen LogP contribution in [0.25, 0.3) is 0 Å². The normalized spacial score (nSPS) is 14.3. The Labute approximate surface area is 128 Å². The molecule has 8 nitrogen and oxygen atoms in total. The van der Waals surface area contributed by atoms with Crippen molar-refractivity contribution in [3.63, 3.8) is 0 Å². The monoisotopic (exact) mass is 339 g/mol. The first-order chi connectivity index (χ1) is 10.6. The number of aromatic nitrogens is 2. The van der Waals surface area contributed by atoms with Crippen LogP contribution < -0.4 is 10.9 Å². The molecule has 0 amide bonds. The van der Waals surface area contributed by atoms with Crippen molar-refractivity contribution in [2.45, 2.75) is 31.7 Å². The zero-order valence-electron chi connectivity index (χ0n) is 12.1. The molecule has 0 fully saturated rings. The predicted octanol–water partition coefficient (Wildman–Crippen LogP) is 0.441. The number of halogens is 3. The molecular weight excluding hydrogens is 323 g/mol. The van der Waals surface area contributed by atoms with Gasteiger partial charge in [0.1, 0.15) is 5.56 Å². The third kappa shape index (κ3) is 5.87. The molecule has 0 unspecified atom stereocenters. The number of ether oxygens (including phenoxy) is 1. The number of carboxylic acids is 1. The predicted molar refractivity (Wildman–Crippen MR) is 72.0 cm³/mol. The van der Waals surface area contributed by atoms with Gasteiger partial charge < -0.3 is 20.3 Å². The molecule has 0 saturated heterocycles. The van der Waals surface area contributed by atoms with Crippen molar-refractivity contribution in [1.29, 1.82) is 0 Å². The number of carboxylic acid groups (broad SMARTS) is 1. The number of rotatable bonds is 8. The first kappa shape index (κ1) is 18.9. The smallest absolute Gasteiger partial charge is 0.423 e. The van der Waals surface area contributed by atoms with E-state index in [0.29, 0.717) is 0 Å². The van der Waals surface area contributed by atoms with E-state index < -0.39 is 41.1 Å². The molecule has 4 N–H and O–H groups in total. The summed E-state index contributed by atoms with van der Waals surface area (Å²) in [5.41, 5.74) is -3.49. The van der Waals surface area contributed by atoms with Gasteiger partial charge in [-0.2, -0.15) is 18.3 Å². The minimum Gasteiger partial charge on any atom is -0.481 e. The lowest BCUT2D eigenvalue weighted by atomic mass is 10.1. The van der Waals surface area contributed by atoms with E-state index in [-0.39, 0.29) is 19.6 Å². The van der Waals surface area contributed by atoms with Gasteiger partial charge in [-0.25, -0.2) is 5.10 Å². The molecule has 11 heteroatoms. The van der Waals surface area contributed by atoms with Gasteiger partial charge in [-0.1, -0.05) is 0 Å². The number of aromatic amines is 1. The Kier molecular flexibility index (Phi) is 6.51. The zero-order chi connectivity index (χ0) is 17.6. The highest BCUT2D eigenvalue weighted by Crippen LogP contribution is 2.31. The Balaban J connectivity index is 2.87. The third-order valence-corrected chi connectivity index (χ3v) is 2.82. The van der Waals surface area contributed by atoms with Crippen LogP contribution in [0.3, 0.4) is 0 Å². The van der Waals surface area contributed by atoms with Crippen molar-refractivity contribution in [1.82, 2.24) is 10.2 Å². The van der Waals surface area contributed by atoms with Crippen LogP contribution in [0.1, 0.15) is 18.9 Å². The number of alkyl halides is 3. The summed E-state index contributed by atoms with van der Waals surface area (Å²) >= 11 is 0. The van der Waals surface area contributed by atoms with Crippen molar-refractivity contribution in [3.05, 3.63) is 22.1 Å². The second-order valence-electron chi connectivity index (χ2n) is 4.70. The highest BCUT2D eigenvalue weighted by atomic mass is 19.4. The highest BCUT2D eigenvalue weighted by molar-refractivity contribution is 5.66. The lowest BCUT2D eigenvalue weighted by molar-refractivity contribution is -0.139. The van der Waals surface area contributed by atoms with Gasteiger partial charge in [0.15, 0.2) is 0 Å². The largest absolute Gasteiger partial charge is 0.481 e. The molecule has 0 saturated carbocycles. The standard InChI is InChI=1S/C12H16F3N3O5/c1-6(19)8(5-23-3-2-9(20)21)17-7-4-16-18-11(22)10(7)12(13,14)15/h4,6,8,19H,2-3,5H2,1H3,(H,20,21)(H2,17,18,22)/t6-,8-/m1/s1. The molecule has 2 atom stereocenters. The fraction of sp³-hybridized carbons (Fsp3) is 0.583. The van der Waals surface area contributed by atoms with Crippen LogP contribution in [0.5, 0.6) is 0 Å². The van der Waals surface area contributed by atoms with E-state index in [1.54, 1.807) is 5.10 Å². The first-order valence-corrected chi connectivity index (χ1v) is 6.52. The van der Waals surface area contributed by atoms with Gasteiger partial charge in [-0.3, -0.25) is 9.59 Å². The molecule has 1 aromatic heterocycles. The maximum absolute atomic E-state index is 12.9. The molecule has 23 heavy (non-hydrogen) atoms. The molecule has 1 rings (SSSR count). The minimum absolute atomic E-state index is 0.167. The number of H-pyrrole nitrogens is 1. The average molecular weight is 339 g/mol. The van der Waals surface area contributed by atoms with Crippen molar-refractivity contribution in [2.24, 2.45) is 0 Å². The molecular formula is C12H16F3N3O5. The Hall–Kier alpha value is -2.14. The fourth-order valence-corrected chi connectivity index (χ4v) is 1.66. The summed E-state index contributed by atoms with van der Waals surface area (Å²) in [6.45, 7) is 0.890. The Bertz CT molecular complexity index is 588. The van der Waals surface area contributed by atoms with Crippen molar-refractivity contribution in [3.8, 4) is 0 Å². The number of aliphatic carboxylic acids is 1. The van der Waals surface area contributed by atoms with E-state index in [1.165, 1.54) is 6.92 Å². The minimum atomic E-state index is -4.91. The molecule has 0 aliphatic heterocycles. The van der Waals surface area contributed by atoms with Crippen LogP contribution in [0.2, 0.25) is 0 Å². The molecule has 0 bridgehead atoms. The van der Waals surface area contributed by atoms with Crippen LogP contribution >= 0.6 is 0 Å². The molecule has 0 aliphatic carbocycles. The molecule has 1 heterocycles. The molecule has 0 aromatic carbocycles. The average Bonchev–Trinajstić information content (AvgIpc) is 2.40. The van der Waals surface area contributed by atoms with Crippen molar-refractivity contribution in [2.75, 3.05) is 18.5 Å². The van der Waals surface area contributed by atoms with Crippen LogP contribution in [0.4, 0.5) is 18.9 Å². The van der Waals surface area contributed by atoms with Gasteiger partial charge in [-0.15, -0.1) is 0 Å². The van der Waals surface area contributed by atoms with Gasteiger partial charge in [0.2, 0.25) is 0 Å². The van der Waals surface area contributed by atoms with Gasteiger partial charge in [0.25, 0.3) is 5.56 Å². The lowest BCUT2D eigenvalue weighted by Gasteiger charge is -2.23. The molecule has 1 aromatic rings. The van der Waals surface area contributed by atoms with Crippen LogP contribution in [-0.2, 0) is 15.7 Å².